The first-order valence-corrected chi connectivity index (χ1v) is 10.1. The van der Waals surface area contributed by atoms with E-state index in [1.165, 1.54) is 4.57 Å². The number of para-hydroxylation sites is 1. The number of hydrogen-bond donors (Lipinski definition) is 2. The molecule has 2 heterocycles. The van der Waals surface area contributed by atoms with Gasteiger partial charge >= 0.3 is 0 Å². The van der Waals surface area contributed by atoms with Crippen molar-refractivity contribution in [1.29, 1.82) is 0 Å². The molecule has 156 valence electrons. The van der Waals surface area contributed by atoms with E-state index in [0.717, 1.165) is 10.9 Å². The molecule has 2 aromatic heterocycles. The molecule has 5 rings (SSSR count). The van der Waals surface area contributed by atoms with Gasteiger partial charge in [0.05, 0.1) is 5.69 Å². The Morgan fingerprint density at radius 3 is 2.53 bits per heavy atom. The number of hydrogen-bond acceptors (Lipinski definition) is 4. The fourth-order valence-corrected chi connectivity index (χ4v) is 3.60. The number of carbonyl (C=O) groups excluding carboxylic acids is 1. The van der Waals surface area contributed by atoms with E-state index in [2.05, 4.69) is 20.5 Å². The number of nitrogens with zero attached hydrogens (tertiary/aromatic N) is 3. The number of aromatic amines is 1. The molecule has 0 atom stereocenters. The van der Waals surface area contributed by atoms with Crippen molar-refractivity contribution in [1.82, 2.24) is 19.7 Å². The van der Waals surface area contributed by atoms with Gasteiger partial charge in [0.2, 0.25) is 5.91 Å². The van der Waals surface area contributed by atoms with Crippen LogP contribution in [-0.4, -0.2) is 25.7 Å². The molecular weight excluding hydrogens is 402 g/mol. The van der Waals surface area contributed by atoms with Crippen molar-refractivity contribution in [2.24, 2.45) is 0 Å². The van der Waals surface area contributed by atoms with Crippen molar-refractivity contribution in [2.75, 3.05) is 5.32 Å². The molecule has 0 saturated heterocycles. The van der Waals surface area contributed by atoms with Gasteiger partial charge in [-0.2, -0.15) is 5.10 Å². The van der Waals surface area contributed by atoms with Crippen molar-refractivity contribution < 1.29 is 4.79 Å². The maximum absolute atomic E-state index is 12.8. The van der Waals surface area contributed by atoms with Gasteiger partial charge in [-0.3, -0.25) is 14.7 Å². The lowest BCUT2D eigenvalue weighted by atomic mass is 10.1. The summed E-state index contributed by atoms with van der Waals surface area (Å²) in [5, 5.41) is 11.6. The second kappa shape index (κ2) is 8.31. The second-order valence-electron chi connectivity index (χ2n) is 7.30. The molecule has 1 amide bonds. The molecule has 2 N–H and O–H groups in total. The van der Waals surface area contributed by atoms with Crippen LogP contribution in [0.25, 0.3) is 33.5 Å². The standard InChI is InChI=1S/C25H19N5O2/c31-22(16-30-15-14-17-8-4-5-11-19(17)25(30)32)26-21-13-7-6-12-20(21)24-27-23(28-29-24)18-9-2-1-3-10-18/h1-15H,16H2,(H,26,31)(H,27,28,29). The number of aromatic nitrogens is 4. The van der Waals surface area contributed by atoms with E-state index in [9.17, 15) is 9.59 Å². The van der Waals surface area contributed by atoms with Gasteiger partial charge in [-0.1, -0.05) is 60.7 Å². The number of carbonyl (C=O) groups is 1. The Morgan fingerprint density at radius 1 is 0.906 bits per heavy atom. The number of fused-ring (bicyclic) bond motifs is 1. The first-order chi connectivity index (χ1) is 15.7. The summed E-state index contributed by atoms with van der Waals surface area (Å²) in [5.41, 5.74) is 1.99. The van der Waals surface area contributed by atoms with E-state index >= 15 is 0 Å². The highest BCUT2D eigenvalue weighted by Crippen LogP contribution is 2.26. The summed E-state index contributed by atoms with van der Waals surface area (Å²) in [7, 11) is 0. The van der Waals surface area contributed by atoms with E-state index in [0.29, 0.717) is 28.3 Å². The lowest BCUT2D eigenvalue weighted by Crippen LogP contribution is -2.27. The lowest BCUT2D eigenvalue weighted by Gasteiger charge is -2.11. The van der Waals surface area contributed by atoms with Crippen LogP contribution < -0.4 is 10.9 Å². The van der Waals surface area contributed by atoms with Crippen LogP contribution in [-0.2, 0) is 11.3 Å². The van der Waals surface area contributed by atoms with Crippen molar-refractivity contribution in [3.63, 3.8) is 0 Å². The molecule has 0 aliphatic rings. The number of anilines is 1. The van der Waals surface area contributed by atoms with Crippen LogP contribution in [0, 0.1) is 0 Å². The summed E-state index contributed by atoms with van der Waals surface area (Å²) in [6, 6.07) is 26.1. The van der Waals surface area contributed by atoms with E-state index in [-0.39, 0.29) is 18.0 Å². The topological polar surface area (TPSA) is 92.7 Å². The van der Waals surface area contributed by atoms with Gasteiger partial charge in [0.25, 0.3) is 5.56 Å². The molecule has 5 aromatic rings. The van der Waals surface area contributed by atoms with Crippen molar-refractivity contribution >= 4 is 22.4 Å². The van der Waals surface area contributed by atoms with Crippen LogP contribution in [0.15, 0.2) is 95.9 Å². The predicted molar refractivity (Wildman–Crippen MR) is 124 cm³/mol. The Bertz CT molecular complexity index is 1470. The molecule has 0 fully saturated rings. The minimum atomic E-state index is -0.308. The van der Waals surface area contributed by atoms with Crippen molar-refractivity contribution in [3.05, 3.63) is 101 Å². The van der Waals surface area contributed by atoms with Gasteiger partial charge in [-0.05, 0) is 29.7 Å². The van der Waals surface area contributed by atoms with Gasteiger partial charge < -0.3 is 9.88 Å². The number of rotatable bonds is 5. The zero-order valence-electron chi connectivity index (χ0n) is 17.0. The summed E-state index contributed by atoms with van der Waals surface area (Å²) in [6.45, 7) is -0.0936. The summed E-state index contributed by atoms with van der Waals surface area (Å²) in [5.74, 6) is 0.810. The second-order valence-corrected chi connectivity index (χ2v) is 7.30. The van der Waals surface area contributed by atoms with Crippen molar-refractivity contribution in [3.8, 4) is 22.8 Å². The molecule has 0 spiro atoms. The monoisotopic (exact) mass is 421 g/mol. The average Bonchev–Trinajstić information content (AvgIpc) is 3.32. The SMILES string of the molecule is O=C(Cn1ccc2ccccc2c1=O)Nc1ccccc1-c1nc(-c2ccccc2)n[nH]1. The highest BCUT2D eigenvalue weighted by Gasteiger charge is 2.14. The first-order valence-electron chi connectivity index (χ1n) is 10.1. The Hall–Kier alpha value is -4.52. The third-order valence-corrected chi connectivity index (χ3v) is 5.17. The molecule has 3 aromatic carbocycles. The van der Waals surface area contributed by atoms with Gasteiger partial charge in [-0.25, -0.2) is 4.98 Å². The molecule has 0 bridgehead atoms. The van der Waals surface area contributed by atoms with Crippen LogP contribution in [0.3, 0.4) is 0 Å². The highest BCUT2D eigenvalue weighted by molar-refractivity contribution is 5.95. The molecule has 0 aliphatic carbocycles. The third-order valence-electron chi connectivity index (χ3n) is 5.17. The fraction of sp³-hybridized carbons (Fsp3) is 0.0400. The zero-order chi connectivity index (χ0) is 21.9. The summed E-state index contributed by atoms with van der Waals surface area (Å²) >= 11 is 0. The van der Waals surface area contributed by atoms with Gasteiger partial charge in [0.1, 0.15) is 6.54 Å². The van der Waals surface area contributed by atoms with Crippen LogP contribution in [0.2, 0.25) is 0 Å². The van der Waals surface area contributed by atoms with Gasteiger partial charge in [0.15, 0.2) is 11.6 Å². The quantitative estimate of drug-likeness (QED) is 0.447. The van der Waals surface area contributed by atoms with E-state index < -0.39 is 0 Å². The minimum Gasteiger partial charge on any atom is -0.324 e. The molecular formula is C25H19N5O2. The third kappa shape index (κ3) is 3.79. The average molecular weight is 421 g/mol. The van der Waals surface area contributed by atoms with Crippen LogP contribution in [0.4, 0.5) is 5.69 Å². The van der Waals surface area contributed by atoms with E-state index in [1.807, 2.05) is 72.8 Å². The van der Waals surface area contributed by atoms with Crippen LogP contribution in [0.1, 0.15) is 0 Å². The maximum atomic E-state index is 12.8. The molecule has 7 heteroatoms. The summed E-state index contributed by atoms with van der Waals surface area (Å²) in [4.78, 5) is 30.0. The summed E-state index contributed by atoms with van der Waals surface area (Å²) in [6.07, 6.45) is 1.64. The maximum Gasteiger partial charge on any atom is 0.258 e. The molecule has 0 radical (unpaired) electrons. The number of benzene rings is 3. The van der Waals surface area contributed by atoms with Crippen LogP contribution >= 0.6 is 0 Å². The Balaban J connectivity index is 1.39. The van der Waals surface area contributed by atoms with Gasteiger partial charge in [-0.15, -0.1) is 0 Å². The molecule has 0 saturated carbocycles. The normalized spacial score (nSPS) is 10.9. The largest absolute Gasteiger partial charge is 0.324 e. The number of amides is 1. The zero-order valence-corrected chi connectivity index (χ0v) is 17.0. The number of nitrogens with one attached hydrogen (secondary N) is 2. The number of H-pyrrole nitrogens is 1. The molecule has 32 heavy (non-hydrogen) atoms. The van der Waals surface area contributed by atoms with Crippen LogP contribution in [0.5, 0.6) is 0 Å². The lowest BCUT2D eigenvalue weighted by molar-refractivity contribution is -0.116. The molecule has 0 aliphatic heterocycles. The minimum absolute atomic E-state index is 0.0936. The predicted octanol–water partition coefficient (Wildman–Crippen LogP) is 4.09. The van der Waals surface area contributed by atoms with Crippen molar-refractivity contribution in [2.45, 2.75) is 6.54 Å². The Kier molecular flexibility index (Phi) is 5.05. The number of pyridine rings is 1. The Morgan fingerprint density at radius 2 is 1.66 bits per heavy atom. The van der Waals surface area contributed by atoms with E-state index in [4.69, 9.17) is 0 Å². The molecule has 7 nitrogen and oxygen atoms in total. The van der Waals surface area contributed by atoms with Gasteiger partial charge in [0, 0.05) is 22.7 Å². The highest BCUT2D eigenvalue weighted by atomic mass is 16.2. The first kappa shape index (κ1) is 19.4. The summed E-state index contributed by atoms with van der Waals surface area (Å²) < 4.78 is 1.40. The fourth-order valence-electron chi connectivity index (χ4n) is 3.60. The smallest absolute Gasteiger partial charge is 0.258 e. The molecule has 0 unspecified atom stereocenters. The Labute approximate surface area is 183 Å². The van der Waals surface area contributed by atoms with E-state index in [1.54, 1.807) is 18.3 Å².